The molecule has 0 amide bonds. The van der Waals surface area contributed by atoms with E-state index in [1.807, 2.05) is 24.3 Å². The molecule has 6 heteroatoms. The third kappa shape index (κ3) is 3.57. The first kappa shape index (κ1) is 15.0. The summed E-state index contributed by atoms with van der Waals surface area (Å²) >= 11 is 6.93. The Morgan fingerprint density at radius 2 is 1.90 bits per heavy atom. The van der Waals surface area contributed by atoms with E-state index in [1.54, 1.807) is 12.3 Å². The molecule has 2 aromatic rings. The van der Waals surface area contributed by atoms with Crippen LogP contribution in [0.25, 0.3) is 0 Å². The Kier molecular flexibility index (Phi) is 5.12. The van der Waals surface area contributed by atoms with Crippen molar-refractivity contribution in [2.24, 2.45) is 5.73 Å². The van der Waals surface area contributed by atoms with E-state index in [9.17, 15) is 0 Å². The average molecular weight is 397 g/mol. The van der Waals surface area contributed by atoms with Crippen molar-refractivity contribution in [3.05, 3.63) is 56.2 Å². The van der Waals surface area contributed by atoms with Crippen LogP contribution in [0.15, 0.2) is 39.4 Å². The zero-order chi connectivity index (χ0) is 14.5. The highest BCUT2D eigenvalue weighted by atomic mass is 79.9. The molecule has 0 bridgehead atoms. The normalized spacial score (nSPS) is 10.1. The van der Waals surface area contributed by atoms with Crippen molar-refractivity contribution in [2.75, 3.05) is 0 Å². The molecule has 2 rings (SSSR count). The van der Waals surface area contributed by atoms with E-state index in [0.717, 1.165) is 20.1 Å². The number of hydrogen-bond donors (Lipinski definition) is 1. The SMILES string of the molecule is N#Cc1cc(COc2c(Br)cc(CN)cc2Br)ccn1. The minimum absolute atomic E-state index is 0.358. The second kappa shape index (κ2) is 6.84. The highest BCUT2D eigenvalue weighted by Crippen LogP contribution is 2.35. The number of halogens is 2. The lowest BCUT2D eigenvalue weighted by atomic mass is 10.2. The first-order chi connectivity index (χ1) is 9.63. The molecular formula is C14H11Br2N3O. The minimum Gasteiger partial charge on any atom is -0.487 e. The fourth-order valence-corrected chi connectivity index (χ4v) is 3.16. The van der Waals surface area contributed by atoms with Crippen LogP contribution in [-0.4, -0.2) is 4.98 Å². The van der Waals surface area contributed by atoms with E-state index < -0.39 is 0 Å². The Hall–Kier alpha value is -1.42. The van der Waals surface area contributed by atoms with Crippen molar-refractivity contribution in [1.29, 1.82) is 5.26 Å². The van der Waals surface area contributed by atoms with Crippen LogP contribution in [0.2, 0.25) is 0 Å². The number of rotatable bonds is 4. The molecule has 4 nitrogen and oxygen atoms in total. The Morgan fingerprint density at radius 1 is 1.20 bits per heavy atom. The van der Waals surface area contributed by atoms with Gasteiger partial charge in [-0.05, 0) is 67.3 Å². The van der Waals surface area contributed by atoms with Gasteiger partial charge in [-0.25, -0.2) is 4.98 Å². The van der Waals surface area contributed by atoms with Gasteiger partial charge < -0.3 is 10.5 Å². The Balaban J connectivity index is 2.17. The average Bonchev–Trinajstić information content (AvgIpc) is 2.46. The topological polar surface area (TPSA) is 71.9 Å². The summed E-state index contributed by atoms with van der Waals surface area (Å²) < 4.78 is 7.45. The second-order valence-electron chi connectivity index (χ2n) is 4.04. The van der Waals surface area contributed by atoms with Crippen LogP contribution in [0.3, 0.4) is 0 Å². The molecule has 0 radical (unpaired) electrons. The molecule has 0 atom stereocenters. The van der Waals surface area contributed by atoms with Gasteiger partial charge in [0.25, 0.3) is 0 Å². The Bertz CT molecular complexity index is 645. The molecule has 0 aliphatic heterocycles. The summed E-state index contributed by atoms with van der Waals surface area (Å²) in [6, 6.07) is 9.37. The van der Waals surface area contributed by atoms with Crippen molar-refractivity contribution in [2.45, 2.75) is 13.2 Å². The van der Waals surface area contributed by atoms with E-state index in [4.69, 9.17) is 15.7 Å². The quantitative estimate of drug-likeness (QED) is 0.858. The van der Waals surface area contributed by atoms with Crippen LogP contribution >= 0.6 is 31.9 Å². The number of nitriles is 1. The summed E-state index contributed by atoms with van der Waals surface area (Å²) in [4.78, 5) is 3.92. The smallest absolute Gasteiger partial charge is 0.148 e. The lowest BCUT2D eigenvalue weighted by Crippen LogP contribution is -2.00. The zero-order valence-corrected chi connectivity index (χ0v) is 13.6. The summed E-state index contributed by atoms with van der Waals surface area (Å²) in [5.74, 6) is 0.706. The van der Waals surface area contributed by atoms with Gasteiger partial charge in [-0.3, -0.25) is 0 Å². The molecule has 1 aromatic carbocycles. The van der Waals surface area contributed by atoms with Crippen molar-refractivity contribution in [3.8, 4) is 11.8 Å². The van der Waals surface area contributed by atoms with E-state index in [2.05, 4.69) is 36.8 Å². The summed E-state index contributed by atoms with van der Waals surface area (Å²) in [7, 11) is 0. The molecule has 20 heavy (non-hydrogen) atoms. The standard InChI is InChI=1S/C14H11Br2N3O/c15-12-4-10(6-17)5-13(16)14(12)20-8-9-1-2-19-11(3-9)7-18/h1-5H,6,8,17H2. The number of aromatic nitrogens is 1. The van der Waals surface area contributed by atoms with Gasteiger partial charge >= 0.3 is 0 Å². The lowest BCUT2D eigenvalue weighted by Gasteiger charge is -2.12. The Labute approximate surface area is 133 Å². The van der Waals surface area contributed by atoms with E-state index in [-0.39, 0.29) is 0 Å². The number of nitrogens with zero attached hydrogens (tertiary/aromatic N) is 2. The van der Waals surface area contributed by atoms with Gasteiger partial charge in [-0.2, -0.15) is 5.26 Å². The molecule has 102 valence electrons. The van der Waals surface area contributed by atoms with Gasteiger partial charge in [0, 0.05) is 12.7 Å². The van der Waals surface area contributed by atoms with Crippen LogP contribution < -0.4 is 10.5 Å². The highest BCUT2D eigenvalue weighted by molar-refractivity contribution is 9.11. The van der Waals surface area contributed by atoms with Gasteiger partial charge in [-0.1, -0.05) is 0 Å². The molecule has 0 aliphatic carbocycles. The summed E-state index contributed by atoms with van der Waals surface area (Å²) in [5.41, 5.74) is 7.89. The minimum atomic E-state index is 0.358. The fourth-order valence-electron chi connectivity index (χ4n) is 1.65. The molecule has 0 spiro atoms. The molecule has 1 aromatic heterocycles. The van der Waals surface area contributed by atoms with Crippen LogP contribution in [0.4, 0.5) is 0 Å². The van der Waals surface area contributed by atoms with Gasteiger partial charge in [-0.15, -0.1) is 0 Å². The third-order valence-electron chi connectivity index (χ3n) is 2.62. The van der Waals surface area contributed by atoms with Crippen molar-refractivity contribution in [1.82, 2.24) is 4.98 Å². The molecule has 0 unspecified atom stereocenters. The summed E-state index contributed by atoms with van der Waals surface area (Å²) in [5, 5.41) is 8.81. The predicted molar refractivity (Wildman–Crippen MR) is 83.0 cm³/mol. The molecular weight excluding hydrogens is 386 g/mol. The summed E-state index contributed by atoms with van der Waals surface area (Å²) in [6.07, 6.45) is 1.60. The first-order valence-electron chi connectivity index (χ1n) is 5.80. The molecule has 0 saturated heterocycles. The number of pyridine rings is 1. The molecule has 1 heterocycles. The molecule has 2 N–H and O–H groups in total. The van der Waals surface area contributed by atoms with Gasteiger partial charge in [0.05, 0.1) is 8.95 Å². The van der Waals surface area contributed by atoms with Crippen LogP contribution in [0.1, 0.15) is 16.8 Å². The van der Waals surface area contributed by atoms with E-state index >= 15 is 0 Å². The predicted octanol–water partition coefficient (Wildman–Crippen LogP) is 3.52. The highest BCUT2D eigenvalue weighted by Gasteiger charge is 2.09. The van der Waals surface area contributed by atoms with Gasteiger partial charge in [0.1, 0.15) is 24.1 Å². The summed E-state index contributed by atoms with van der Waals surface area (Å²) in [6.45, 7) is 0.823. The van der Waals surface area contributed by atoms with Gasteiger partial charge in [0.2, 0.25) is 0 Å². The van der Waals surface area contributed by atoms with Crippen LogP contribution in [0, 0.1) is 11.3 Å². The largest absolute Gasteiger partial charge is 0.487 e. The van der Waals surface area contributed by atoms with Crippen LogP contribution in [-0.2, 0) is 13.2 Å². The fraction of sp³-hybridized carbons (Fsp3) is 0.143. The van der Waals surface area contributed by atoms with E-state index in [1.165, 1.54) is 0 Å². The first-order valence-corrected chi connectivity index (χ1v) is 7.38. The van der Waals surface area contributed by atoms with Crippen molar-refractivity contribution < 1.29 is 4.74 Å². The third-order valence-corrected chi connectivity index (χ3v) is 3.79. The number of hydrogen-bond acceptors (Lipinski definition) is 4. The number of ether oxygens (including phenoxy) is 1. The van der Waals surface area contributed by atoms with Crippen molar-refractivity contribution in [3.63, 3.8) is 0 Å². The van der Waals surface area contributed by atoms with Crippen molar-refractivity contribution >= 4 is 31.9 Å². The monoisotopic (exact) mass is 395 g/mol. The molecule has 0 saturated carbocycles. The maximum atomic E-state index is 8.81. The Morgan fingerprint density at radius 3 is 2.50 bits per heavy atom. The molecule has 0 aliphatic rings. The second-order valence-corrected chi connectivity index (χ2v) is 5.75. The number of nitrogens with two attached hydrogens (primary N) is 1. The lowest BCUT2D eigenvalue weighted by molar-refractivity contribution is 0.302. The maximum absolute atomic E-state index is 8.81. The zero-order valence-electron chi connectivity index (χ0n) is 10.4. The maximum Gasteiger partial charge on any atom is 0.148 e. The van der Waals surface area contributed by atoms with Gasteiger partial charge in [0.15, 0.2) is 0 Å². The molecule has 0 fully saturated rings. The van der Waals surface area contributed by atoms with Crippen LogP contribution in [0.5, 0.6) is 5.75 Å². The van der Waals surface area contributed by atoms with E-state index in [0.29, 0.717) is 24.6 Å². The number of benzene rings is 1.